The SMILES string of the molecule is COc1cc(Br)c(CCn2cnc(C(=O)O)c2-c2cccc(F)c2)cc1OC. The molecule has 0 fully saturated rings. The lowest BCUT2D eigenvalue weighted by molar-refractivity contribution is 0.0692. The van der Waals surface area contributed by atoms with Gasteiger partial charge in [-0.05, 0) is 36.2 Å². The Labute approximate surface area is 169 Å². The lowest BCUT2D eigenvalue weighted by atomic mass is 10.1. The van der Waals surface area contributed by atoms with E-state index in [1.54, 1.807) is 30.9 Å². The monoisotopic (exact) mass is 448 g/mol. The number of carboxylic acid groups (broad SMARTS) is 1. The van der Waals surface area contributed by atoms with Crippen LogP contribution in [0, 0.1) is 5.82 Å². The van der Waals surface area contributed by atoms with E-state index in [0.717, 1.165) is 10.0 Å². The first kappa shape index (κ1) is 19.9. The van der Waals surface area contributed by atoms with Crippen molar-refractivity contribution in [3.05, 3.63) is 64.3 Å². The quantitative estimate of drug-likeness (QED) is 0.579. The highest BCUT2D eigenvalue weighted by Gasteiger charge is 2.19. The van der Waals surface area contributed by atoms with Gasteiger partial charge in [0, 0.05) is 16.6 Å². The molecule has 6 nitrogen and oxygen atoms in total. The fraction of sp³-hybridized carbons (Fsp3) is 0.200. The summed E-state index contributed by atoms with van der Waals surface area (Å²) < 4.78 is 26.8. The van der Waals surface area contributed by atoms with Gasteiger partial charge in [-0.2, -0.15) is 0 Å². The van der Waals surface area contributed by atoms with Crippen molar-refractivity contribution in [2.45, 2.75) is 13.0 Å². The highest BCUT2D eigenvalue weighted by molar-refractivity contribution is 9.10. The number of carbonyl (C=O) groups is 1. The van der Waals surface area contributed by atoms with E-state index in [1.807, 2.05) is 12.1 Å². The molecule has 28 heavy (non-hydrogen) atoms. The molecule has 0 spiro atoms. The van der Waals surface area contributed by atoms with Crippen LogP contribution in [0.1, 0.15) is 16.1 Å². The number of hydrogen-bond donors (Lipinski definition) is 1. The van der Waals surface area contributed by atoms with E-state index < -0.39 is 11.8 Å². The Balaban J connectivity index is 1.95. The number of imidazole rings is 1. The number of carboxylic acids is 1. The molecule has 0 amide bonds. The van der Waals surface area contributed by atoms with Crippen LogP contribution < -0.4 is 9.47 Å². The molecular weight excluding hydrogens is 431 g/mol. The third-order valence-electron chi connectivity index (χ3n) is 4.31. The Morgan fingerprint density at radius 1 is 1.21 bits per heavy atom. The number of benzene rings is 2. The molecule has 3 aromatic rings. The van der Waals surface area contributed by atoms with Crippen LogP contribution in [0.2, 0.25) is 0 Å². The second kappa shape index (κ2) is 8.43. The topological polar surface area (TPSA) is 73.6 Å². The van der Waals surface area contributed by atoms with E-state index >= 15 is 0 Å². The second-order valence-corrected chi connectivity index (χ2v) is 6.85. The predicted molar refractivity (Wildman–Crippen MR) is 106 cm³/mol. The van der Waals surface area contributed by atoms with Gasteiger partial charge in [0.2, 0.25) is 0 Å². The first-order valence-electron chi connectivity index (χ1n) is 8.39. The molecule has 0 aliphatic rings. The molecule has 2 aromatic carbocycles. The van der Waals surface area contributed by atoms with Crippen LogP contribution in [-0.4, -0.2) is 34.8 Å². The number of aromatic carboxylic acids is 1. The fourth-order valence-corrected chi connectivity index (χ4v) is 3.50. The maximum Gasteiger partial charge on any atom is 0.356 e. The number of ether oxygens (including phenoxy) is 2. The van der Waals surface area contributed by atoms with Gasteiger partial charge in [0.1, 0.15) is 5.82 Å². The normalized spacial score (nSPS) is 10.7. The second-order valence-electron chi connectivity index (χ2n) is 6.00. The van der Waals surface area contributed by atoms with E-state index in [4.69, 9.17) is 9.47 Å². The number of nitrogens with zero attached hydrogens (tertiary/aromatic N) is 2. The van der Waals surface area contributed by atoms with Gasteiger partial charge in [0.15, 0.2) is 17.2 Å². The molecule has 0 aliphatic carbocycles. The van der Waals surface area contributed by atoms with Crippen LogP contribution >= 0.6 is 15.9 Å². The van der Waals surface area contributed by atoms with Crippen LogP contribution in [0.15, 0.2) is 47.2 Å². The summed E-state index contributed by atoms with van der Waals surface area (Å²) in [6.45, 7) is 0.445. The minimum atomic E-state index is -1.16. The van der Waals surface area contributed by atoms with Crippen molar-refractivity contribution in [2.75, 3.05) is 14.2 Å². The first-order valence-corrected chi connectivity index (χ1v) is 9.18. The van der Waals surface area contributed by atoms with Crippen molar-refractivity contribution < 1.29 is 23.8 Å². The van der Waals surface area contributed by atoms with Gasteiger partial charge in [-0.15, -0.1) is 0 Å². The molecule has 146 valence electrons. The van der Waals surface area contributed by atoms with Crippen molar-refractivity contribution >= 4 is 21.9 Å². The van der Waals surface area contributed by atoms with E-state index in [9.17, 15) is 14.3 Å². The molecule has 0 saturated heterocycles. The van der Waals surface area contributed by atoms with E-state index in [0.29, 0.717) is 35.7 Å². The average Bonchev–Trinajstić information content (AvgIpc) is 3.11. The summed E-state index contributed by atoms with van der Waals surface area (Å²) in [4.78, 5) is 15.6. The maximum absolute atomic E-state index is 13.7. The number of halogens is 2. The molecule has 1 heterocycles. The van der Waals surface area contributed by atoms with Gasteiger partial charge >= 0.3 is 5.97 Å². The zero-order valence-corrected chi connectivity index (χ0v) is 16.9. The lowest BCUT2D eigenvalue weighted by Gasteiger charge is -2.13. The molecule has 0 bridgehead atoms. The molecule has 0 saturated carbocycles. The molecule has 0 atom stereocenters. The minimum Gasteiger partial charge on any atom is -0.493 e. The van der Waals surface area contributed by atoms with Crippen LogP contribution in [-0.2, 0) is 13.0 Å². The highest BCUT2D eigenvalue weighted by Crippen LogP contribution is 2.34. The molecule has 1 aromatic heterocycles. The Bertz CT molecular complexity index is 1020. The van der Waals surface area contributed by atoms with Crippen molar-refractivity contribution in [1.82, 2.24) is 9.55 Å². The predicted octanol–water partition coefficient (Wildman–Crippen LogP) is 4.41. The minimum absolute atomic E-state index is 0.114. The molecule has 8 heteroatoms. The summed E-state index contributed by atoms with van der Waals surface area (Å²) in [7, 11) is 3.13. The molecule has 3 rings (SSSR count). The van der Waals surface area contributed by atoms with Crippen LogP contribution in [0.3, 0.4) is 0 Å². The first-order chi connectivity index (χ1) is 13.4. The van der Waals surface area contributed by atoms with Gasteiger partial charge in [-0.3, -0.25) is 0 Å². The van der Waals surface area contributed by atoms with E-state index in [1.165, 1.54) is 18.5 Å². The number of aromatic nitrogens is 2. The van der Waals surface area contributed by atoms with Crippen molar-refractivity contribution in [1.29, 1.82) is 0 Å². The Hall–Kier alpha value is -2.87. The third-order valence-corrected chi connectivity index (χ3v) is 5.05. The summed E-state index contributed by atoms with van der Waals surface area (Å²) in [6, 6.07) is 9.49. The molecule has 0 radical (unpaired) electrons. The molecule has 0 aliphatic heterocycles. The van der Waals surface area contributed by atoms with Crippen LogP contribution in [0.4, 0.5) is 4.39 Å². The van der Waals surface area contributed by atoms with Gasteiger partial charge in [0.25, 0.3) is 0 Å². The number of methoxy groups -OCH3 is 2. The molecule has 1 N–H and O–H groups in total. The van der Waals surface area contributed by atoms with Gasteiger partial charge in [-0.1, -0.05) is 28.1 Å². The Morgan fingerprint density at radius 2 is 1.93 bits per heavy atom. The van der Waals surface area contributed by atoms with Crippen LogP contribution in [0.5, 0.6) is 11.5 Å². The molecular formula is C20H18BrFN2O4. The zero-order valence-electron chi connectivity index (χ0n) is 15.3. The van der Waals surface area contributed by atoms with Crippen molar-refractivity contribution in [2.24, 2.45) is 0 Å². The number of hydrogen-bond acceptors (Lipinski definition) is 4. The summed E-state index contributed by atoms with van der Waals surface area (Å²) >= 11 is 3.52. The third kappa shape index (κ3) is 4.01. The standard InChI is InChI=1S/C20H18BrFN2O4/c1-27-16-9-12(15(21)10-17(16)28-2)6-7-24-11-23-18(20(25)26)19(24)13-4-3-5-14(22)8-13/h3-5,8-11H,6-7H2,1-2H3,(H,25,26). The fourth-order valence-electron chi connectivity index (χ4n) is 2.98. The maximum atomic E-state index is 13.7. The van der Waals surface area contributed by atoms with Crippen molar-refractivity contribution in [3.8, 4) is 22.8 Å². The number of rotatable bonds is 7. The smallest absolute Gasteiger partial charge is 0.356 e. The Kier molecular flexibility index (Phi) is 5.99. The van der Waals surface area contributed by atoms with Gasteiger partial charge < -0.3 is 19.1 Å². The number of aryl methyl sites for hydroxylation is 2. The van der Waals surface area contributed by atoms with Gasteiger partial charge in [-0.25, -0.2) is 14.2 Å². The summed E-state index contributed by atoms with van der Waals surface area (Å²) in [5.74, 6) is -0.396. The zero-order chi connectivity index (χ0) is 20.3. The largest absolute Gasteiger partial charge is 0.493 e. The average molecular weight is 449 g/mol. The summed E-state index contributed by atoms with van der Waals surface area (Å²) in [5.41, 5.74) is 1.66. The summed E-state index contributed by atoms with van der Waals surface area (Å²) in [6.07, 6.45) is 2.02. The molecule has 0 unspecified atom stereocenters. The van der Waals surface area contributed by atoms with Gasteiger partial charge in [0.05, 0.1) is 26.2 Å². The lowest BCUT2D eigenvalue weighted by Crippen LogP contribution is -2.06. The van der Waals surface area contributed by atoms with E-state index in [-0.39, 0.29) is 5.69 Å². The van der Waals surface area contributed by atoms with Crippen molar-refractivity contribution in [3.63, 3.8) is 0 Å². The highest BCUT2D eigenvalue weighted by atomic mass is 79.9. The summed E-state index contributed by atoms with van der Waals surface area (Å²) in [5, 5.41) is 9.46. The van der Waals surface area contributed by atoms with Crippen LogP contribution in [0.25, 0.3) is 11.3 Å². The Morgan fingerprint density at radius 3 is 2.57 bits per heavy atom. The van der Waals surface area contributed by atoms with E-state index in [2.05, 4.69) is 20.9 Å².